The second-order valence-electron chi connectivity index (χ2n) is 8.34. The summed E-state index contributed by atoms with van der Waals surface area (Å²) >= 11 is 0. The van der Waals surface area contributed by atoms with Gasteiger partial charge in [-0.15, -0.1) is 0 Å². The third-order valence-electron chi connectivity index (χ3n) is 4.94. The minimum atomic E-state index is -0.348. The molecule has 0 atom stereocenters. The summed E-state index contributed by atoms with van der Waals surface area (Å²) < 4.78 is 5.97. The first-order valence-corrected chi connectivity index (χ1v) is 11.1. The van der Waals surface area contributed by atoms with Gasteiger partial charge >= 0.3 is 0 Å². The molecular formula is C29H28O5. The third-order valence-corrected chi connectivity index (χ3v) is 4.94. The molecule has 2 N–H and O–H groups in total. The zero-order chi connectivity index (χ0) is 24.5. The lowest BCUT2D eigenvalue weighted by atomic mass is 9.97. The highest BCUT2D eigenvalue weighted by Gasteiger charge is 2.11. The Balaban J connectivity index is 1.75. The van der Waals surface area contributed by atoms with Gasteiger partial charge in [0.15, 0.2) is 11.6 Å². The van der Waals surface area contributed by atoms with Crippen LogP contribution >= 0.6 is 0 Å². The third kappa shape index (κ3) is 7.20. The van der Waals surface area contributed by atoms with E-state index in [0.29, 0.717) is 18.1 Å². The lowest BCUT2D eigenvalue weighted by molar-refractivity contribution is -0.121. The van der Waals surface area contributed by atoms with E-state index in [1.54, 1.807) is 42.5 Å². The maximum absolute atomic E-state index is 12.4. The Hall–Kier alpha value is -4.12. The van der Waals surface area contributed by atoms with E-state index in [4.69, 9.17) is 4.74 Å². The molecule has 0 heterocycles. The van der Waals surface area contributed by atoms with Crippen molar-refractivity contribution in [1.29, 1.82) is 0 Å². The van der Waals surface area contributed by atoms with E-state index in [2.05, 4.69) is 13.8 Å². The Labute approximate surface area is 199 Å². The van der Waals surface area contributed by atoms with Crippen LogP contribution in [-0.2, 0) is 9.59 Å². The number of carbonyl (C=O) groups is 2. The molecule has 0 bridgehead atoms. The molecule has 0 aromatic heterocycles. The number of allylic oxidation sites excluding steroid dienone is 2. The van der Waals surface area contributed by atoms with Crippen molar-refractivity contribution in [2.75, 3.05) is 6.61 Å². The van der Waals surface area contributed by atoms with E-state index >= 15 is 0 Å². The Kier molecular flexibility index (Phi) is 8.41. The molecule has 34 heavy (non-hydrogen) atoms. The van der Waals surface area contributed by atoms with Crippen LogP contribution in [0.2, 0.25) is 0 Å². The molecule has 3 aromatic carbocycles. The zero-order valence-corrected chi connectivity index (χ0v) is 19.3. The molecule has 0 radical (unpaired) electrons. The Morgan fingerprint density at radius 2 is 1.47 bits per heavy atom. The summed E-state index contributed by atoms with van der Waals surface area (Å²) in [4.78, 5) is 24.6. The quantitative estimate of drug-likeness (QED) is 0.286. The lowest BCUT2D eigenvalue weighted by Crippen LogP contribution is -2.05. The molecule has 3 rings (SSSR count). The van der Waals surface area contributed by atoms with Crippen LogP contribution in [0.4, 0.5) is 0 Å². The summed E-state index contributed by atoms with van der Waals surface area (Å²) in [5.74, 6) is 0.627. The van der Waals surface area contributed by atoms with Crippen molar-refractivity contribution in [3.8, 4) is 28.4 Å². The van der Waals surface area contributed by atoms with Gasteiger partial charge in [-0.05, 0) is 71.2 Å². The van der Waals surface area contributed by atoms with E-state index in [9.17, 15) is 19.8 Å². The molecule has 0 spiro atoms. The van der Waals surface area contributed by atoms with Gasteiger partial charge in [0, 0.05) is 5.56 Å². The second kappa shape index (κ2) is 11.7. The number of aromatic hydroxyl groups is 2. The summed E-state index contributed by atoms with van der Waals surface area (Å²) in [6, 6.07) is 19.0. The zero-order valence-electron chi connectivity index (χ0n) is 19.3. The number of phenolic OH excluding ortho intramolecular Hbond substituents is 2. The fraction of sp³-hybridized carbons (Fsp3) is 0.172. The van der Waals surface area contributed by atoms with Crippen molar-refractivity contribution in [1.82, 2.24) is 0 Å². The van der Waals surface area contributed by atoms with Crippen LogP contribution in [0.5, 0.6) is 17.2 Å². The monoisotopic (exact) mass is 456 g/mol. The van der Waals surface area contributed by atoms with Crippen molar-refractivity contribution in [3.63, 3.8) is 0 Å². The molecule has 3 aromatic rings. The van der Waals surface area contributed by atoms with Gasteiger partial charge in [0.05, 0.1) is 13.0 Å². The molecule has 5 heteroatoms. The highest BCUT2D eigenvalue weighted by Crippen LogP contribution is 2.35. The van der Waals surface area contributed by atoms with Crippen LogP contribution in [0.3, 0.4) is 0 Å². The first kappa shape index (κ1) is 24.5. The van der Waals surface area contributed by atoms with E-state index in [0.717, 1.165) is 22.4 Å². The number of hydrogen-bond acceptors (Lipinski definition) is 5. The molecule has 5 nitrogen and oxygen atoms in total. The first-order chi connectivity index (χ1) is 16.3. The van der Waals surface area contributed by atoms with E-state index in [1.165, 1.54) is 24.3 Å². The maximum Gasteiger partial charge on any atom is 0.163 e. The highest BCUT2D eigenvalue weighted by atomic mass is 16.5. The van der Waals surface area contributed by atoms with Crippen LogP contribution in [0.25, 0.3) is 23.3 Å². The summed E-state index contributed by atoms with van der Waals surface area (Å²) in [6.07, 6.45) is 5.63. The fourth-order valence-corrected chi connectivity index (χ4v) is 3.25. The summed E-state index contributed by atoms with van der Waals surface area (Å²) in [6.45, 7) is 4.72. The van der Waals surface area contributed by atoms with Gasteiger partial charge in [0.1, 0.15) is 17.2 Å². The molecule has 0 aliphatic carbocycles. The van der Waals surface area contributed by atoms with Crippen molar-refractivity contribution >= 4 is 23.7 Å². The molecule has 0 saturated carbocycles. The normalized spacial score (nSPS) is 11.4. The number of carbonyl (C=O) groups excluding carboxylic acids is 2. The molecule has 174 valence electrons. The van der Waals surface area contributed by atoms with Crippen LogP contribution in [0.1, 0.15) is 31.4 Å². The maximum atomic E-state index is 12.4. The molecule has 0 aliphatic heterocycles. The van der Waals surface area contributed by atoms with Crippen LogP contribution < -0.4 is 4.74 Å². The summed E-state index contributed by atoms with van der Waals surface area (Å²) in [5.41, 5.74) is 3.04. The Morgan fingerprint density at radius 3 is 2.18 bits per heavy atom. The van der Waals surface area contributed by atoms with Crippen LogP contribution in [0, 0.1) is 5.92 Å². The lowest BCUT2D eigenvalue weighted by Gasteiger charge is -2.15. The van der Waals surface area contributed by atoms with Gasteiger partial charge in [0.25, 0.3) is 0 Å². The minimum Gasteiger partial charge on any atom is -0.508 e. The van der Waals surface area contributed by atoms with Gasteiger partial charge in [0.2, 0.25) is 0 Å². The molecule has 0 fully saturated rings. The van der Waals surface area contributed by atoms with E-state index < -0.39 is 0 Å². The Bertz CT molecular complexity index is 1200. The van der Waals surface area contributed by atoms with Crippen molar-refractivity contribution < 1.29 is 24.5 Å². The van der Waals surface area contributed by atoms with Crippen LogP contribution in [0.15, 0.2) is 78.9 Å². The first-order valence-electron chi connectivity index (χ1n) is 11.1. The summed E-state index contributed by atoms with van der Waals surface area (Å²) in [5, 5.41) is 19.3. The second-order valence-corrected chi connectivity index (χ2v) is 8.34. The average molecular weight is 457 g/mol. The molecule has 0 aliphatic rings. The molecule has 0 amide bonds. The number of hydrogen-bond donors (Lipinski definition) is 2. The average Bonchev–Trinajstić information content (AvgIpc) is 2.81. The predicted molar refractivity (Wildman–Crippen MR) is 135 cm³/mol. The number of rotatable bonds is 10. The number of para-hydroxylation sites is 1. The van der Waals surface area contributed by atoms with Crippen molar-refractivity contribution in [2.24, 2.45) is 5.92 Å². The van der Waals surface area contributed by atoms with Crippen molar-refractivity contribution in [2.45, 2.75) is 20.3 Å². The molecule has 0 saturated heterocycles. The molecule has 0 unspecified atom stereocenters. The fourth-order valence-electron chi connectivity index (χ4n) is 3.25. The number of benzene rings is 3. The van der Waals surface area contributed by atoms with E-state index in [-0.39, 0.29) is 29.5 Å². The van der Waals surface area contributed by atoms with E-state index in [1.807, 2.05) is 24.3 Å². The number of ketones is 2. The number of ether oxygens (including phenoxy) is 1. The summed E-state index contributed by atoms with van der Waals surface area (Å²) in [7, 11) is 0. The van der Waals surface area contributed by atoms with Gasteiger partial charge in [-0.25, -0.2) is 0 Å². The number of phenols is 2. The van der Waals surface area contributed by atoms with Crippen molar-refractivity contribution in [3.05, 3.63) is 90.0 Å². The molecular weight excluding hydrogens is 428 g/mol. The largest absolute Gasteiger partial charge is 0.508 e. The highest BCUT2D eigenvalue weighted by molar-refractivity contribution is 6.11. The Morgan fingerprint density at radius 1 is 0.824 bits per heavy atom. The topological polar surface area (TPSA) is 83.8 Å². The predicted octanol–water partition coefficient (Wildman–Crippen LogP) is 6.05. The standard InChI is InChI=1S/C29H28O5/c1-20(2)19-34-29-6-4-3-5-28(29)27-16-15-24(31)17-22(27)10-14-26(33)18-25(32)13-9-21-7-11-23(30)12-8-21/h3-17,20,30-31H,18-19H2,1-2H3. The smallest absolute Gasteiger partial charge is 0.163 e. The van der Waals surface area contributed by atoms with Gasteiger partial charge in [-0.2, -0.15) is 0 Å². The van der Waals surface area contributed by atoms with Crippen LogP contribution in [-0.4, -0.2) is 28.4 Å². The minimum absolute atomic E-state index is 0.0735. The SMILES string of the molecule is CC(C)COc1ccccc1-c1ccc(O)cc1C=CC(=O)CC(=O)C=Cc1ccc(O)cc1. The van der Waals surface area contributed by atoms with Gasteiger partial charge in [-0.1, -0.05) is 56.3 Å². The van der Waals surface area contributed by atoms with Gasteiger partial charge in [-0.3, -0.25) is 9.59 Å². The van der Waals surface area contributed by atoms with Gasteiger partial charge < -0.3 is 14.9 Å².